The monoisotopic (exact) mass is 224 g/mol. The Hall–Kier alpha value is -0.410. The zero-order valence-corrected chi connectivity index (χ0v) is 10.7. The third-order valence-electron chi connectivity index (χ3n) is 3.76. The highest BCUT2D eigenvalue weighted by Gasteiger charge is 2.43. The quantitative estimate of drug-likeness (QED) is 0.853. The highest BCUT2D eigenvalue weighted by Crippen LogP contribution is 2.45. The molecule has 2 rings (SSSR count). The number of thiazole rings is 1. The van der Waals surface area contributed by atoms with Crippen LogP contribution in [0.4, 0.5) is 0 Å². The standard InChI is InChI=1S/C12H20N2S/c1-4-10-6-5-7-12(10,13-3)11-14-9(2)8-15-11/h8,10,13H,4-7H2,1-3H3. The Labute approximate surface area is 96.1 Å². The van der Waals surface area contributed by atoms with Crippen molar-refractivity contribution in [3.63, 3.8) is 0 Å². The maximum absolute atomic E-state index is 4.69. The number of hydrogen-bond donors (Lipinski definition) is 1. The lowest BCUT2D eigenvalue weighted by molar-refractivity contribution is 0.257. The molecule has 0 amide bonds. The molecule has 1 aliphatic rings. The van der Waals surface area contributed by atoms with Gasteiger partial charge in [0.15, 0.2) is 0 Å². The van der Waals surface area contributed by atoms with Crippen LogP contribution in [0, 0.1) is 12.8 Å². The fraction of sp³-hybridized carbons (Fsp3) is 0.750. The molecule has 2 nitrogen and oxygen atoms in total. The van der Waals surface area contributed by atoms with E-state index in [1.54, 1.807) is 0 Å². The fourth-order valence-corrected chi connectivity index (χ4v) is 4.02. The summed E-state index contributed by atoms with van der Waals surface area (Å²) >= 11 is 1.82. The van der Waals surface area contributed by atoms with Crippen LogP contribution in [0.15, 0.2) is 5.38 Å². The van der Waals surface area contributed by atoms with Crippen molar-refractivity contribution in [1.29, 1.82) is 0 Å². The Morgan fingerprint density at radius 3 is 3.00 bits per heavy atom. The second-order valence-corrected chi connectivity index (χ2v) is 5.37. The molecule has 1 N–H and O–H groups in total. The van der Waals surface area contributed by atoms with Gasteiger partial charge in [0.05, 0.1) is 5.54 Å². The van der Waals surface area contributed by atoms with Crippen molar-refractivity contribution >= 4 is 11.3 Å². The van der Waals surface area contributed by atoms with Crippen LogP contribution in [-0.2, 0) is 5.54 Å². The lowest BCUT2D eigenvalue weighted by atomic mass is 9.86. The van der Waals surface area contributed by atoms with Crippen LogP contribution < -0.4 is 5.32 Å². The lowest BCUT2D eigenvalue weighted by Gasteiger charge is -2.33. The van der Waals surface area contributed by atoms with E-state index in [0.29, 0.717) is 0 Å². The molecule has 0 aromatic carbocycles. The molecule has 1 fully saturated rings. The van der Waals surface area contributed by atoms with Gasteiger partial charge in [0.1, 0.15) is 5.01 Å². The van der Waals surface area contributed by atoms with Gasteiger partial charge in [-0.05, 0) is 32.7 Å². The van der Waals surface area contributed by atoms with Gasteiger partial charge in [-0.1, -0.05) is 19.8 Å². The summed E-state index contributed by atoms with van der Waals surface area (Å²) in [7, 11) is 2.09. The molecule has 0 spiro atoms. The van der Waals surface area contributed by atoms with Gasteiger partial charge in [0.25, 0.3) is 0 Å². The summed E-state index contributed by atoms with van der Waals surface area (Å²) < 4.78 is 0. The van der Waals surface area contributed by atoms with Crippen molar-refractivity contribution in [2.45, 2.75) is 45.1 Å². The smallest absolute Gasteiger partial charge is 0.113 e. The van der Waals surface area contributed by atoms with Crippen LogP contribution >= 0.6 is 11.3 Å². The van der Waals surface area contributed by atoms with Crippen molar-refractivity contribution in [3.8, 4) is 0 Å². The minimum atomic E-state index is 0.174. The topological polar surface area (TPSA) is 24.9 Å². The van der Waals surface area contributed by atoms with E-state index in [0.717, 1.165) is 11.6 Å². The molecular formula is C12H20N2S. The molecule has 1 aliphatic carbocycles. The molecule has 2 atom stereocenters. The van der Waals surface area contributed by atoms with Crippen molar-refractivity contribution in [1.82, 2.24) is 10.3 Å². The highest BCUT2D eigenvalue weighted by atomic mass is 32.1. The van der Waals surface area contributed by atoms with Gasteiger partial charge in [0.2, 0.25) is 0 Å². The molecule has 84 valence electrons. The van der Waals surface area contributed by atoms with Gasteiger partial charge in [-0.25, -0.2) is 4.98 Å². The molecule has 0 saturated heterocycles. The summed E-state index contributed by atoms with van der Waals surface area (Å²) in [6.07, 6.45) is 5.17. The minimum absolute atomic E-state index is 0.174. The Balaban J connectivity index is 2.36. The zero-order valence-electron chi connectivity index (χ0n) is 9.84. The molecule has 0 aliphatic heterocycles. The van der Waals surface area contributed by atoms with Crippen LogP contribution in [0.3, 0.4) is 0 Å². The molecule has 3 heteroatoms. The molecule has 1 aromatic rings. The van der Waals surface area contributed by atoms with Crippen LogP contribution in [0.1, 0.15) is 43.3 Å². The summed E-state index contributed by atoms with van der Waals surface area (Å²) in [6.45, 7) is 4.38. The molecule has 0 radical (unpaired) electrons. The maximum Gasteiger partial charge on any atom is 0.113 e. The number of nitrogens with zero attached hydrogens (tertiary/aromatic N) is 1. The van der Waals surface area contributed by atoms with Crippen molar-refractivity contribution in [3.05, 3.63) is 16.1 Å². The summed E-state index contributed by atoms with van der Waals surface area (Å²) in [5.41, 5.74) is 1.33. The molecular weight excluding hydrogens is 204 g/mol. The zero-order chi connectivity index (χ0) is 10.9. The molecule has 1 aromatic heterocycles. The highest BCUT2D eigenvalue weighted by molar-refractivity contribution is 7.09. The van der Waals surface area contributed by atoms with Crippen LogP contribution in [0.5, 0.6) is 0 Å². The largest absolute Gasteiger partial charge is 0.308 e. The second kappa shape index (κ2) is 4.22. The van der Waals surface area contributed by atoms with Crippen molar-refractivity contribution in [2.24, 2.45) is 5.92 Å². The van der Waals surface area contributed by atoms with Gasteiger partial charge >= 0.3 is 0 Å². The summed E-state index contributed by atoms with van der Waals surface area (Å²) in [4.78, 5) is 4.69. The first kappa shape index (κ1) is 11.1. The lowest BCUT2D eigenvalue weighted by Crippen LogP contribution is -2.43. The summed E-state index contributed by atoms with van der Waals surface area (Å²) in [6, 6.07) is 0. The van der Waals surface area contributed by atoms with Gasteiger partial charge in [-0.2, -0.15) is 0 Å². The first-order chi connectivity index (χ1) is 7.23. The van der Waals surface area contributed by atoms with E-state index in [9.17, 15) is 0 Å². The third-order valence-corrected chi connectivity index (χ3v) is 4.90. The molecule has 15 heavy (non-hydrogen) atoms. The van der Waals surface area contributed by atoms with E-state index >= 15 is 0 Å². The maximum atomic E-state index is 4.69. The number of nitrogens with one attached hydrogen (secondary N) is 1. The van der Waals surface area contributed by atoms with E-state index < -0.39 is 0 Å². The molecule has 0 bridgehead atoms. The first-order valence-electron chi connectivity index (χ1n) is 5.84. The molecule has 2 unspecified atom stereocenters. The normalized spacial score (nSPS) is 31.0. The SMILES string of the molecule is CCC1CCCC1(NC)c1nc(C)cs1. The van der Waals surface area contributed by atoms with Gasteiger partial charge in [0, 0.05) is 11.1 Å². The molecule has 1 saturated carbocycles. The number of hydrogen-bond acceptors (Lipinski definition) is 3. The fourth-order valence-electron chi connectivity index (χ4n) is 2.91. The van der Waals surface area contributed by atoms with E-state index in [-0.39, 0.29) is 5.54 Å². The van der Waals surface area contributed by atoms with Crippen LogP contribution in [-0.4, -0.2) is 12.0 Å². The van der Waals surface area contributed by atoms with Gasteiger partial charge in [-0.3, -0.25) is 0 Å². The third kappa shape index (κ3) is 1.72. The second-order valence-electron chi connectivity index (χ2n) is 4.51. The predicted octanol–water partition coefficient (Wildman–Crippen LogP) is 3.08. The number of aromatic nitrogens is 1. The Kier molecular flexibility index (Phi) is 3.12. The average molecular weight is 224 g/mol. The van der Waals surface area contributed by atoms with E-state index in [2.05, 4.69) is 36.6 Å². The molecule has 1 heterocycles. The average Bonchev–Trinajstić information content (AvgIpc) is 2.83. The summed E-state index contributed by atoms with van der Waals surface area (Å²) in [5.74, 6) is 0.757. The number of rotatable bonds is 3. The summed E-state index contributed by atoms with van der Waals surface area (Å²) in [5, 5.41) is 7.02. The Morgan fingerprint density at radius 1 is 1.67 bits per heavy atom. The van der Waals surface area contributed by atoms with Crippen LogP contribution in [0.2, 0.25) is 0 Å². The predicted molar refractivity (Wildman–Crippen MR) is 65.2 cm³/mol. The van der Waals surface area contributed by atoms with Crippen molar-refractivity contribution < 1.29 is 0 Å². The van der Waals surface area contributed by atoms with E-state index in [1.807, 2.05) is 11.3 Å². The minimum Gasteiger partial charge on any atom is -0.308 e. The van der Waals surface area contributed by atoms with Gasteiger partial charge in [-0.15, -0.1) is 11.3 Å². The first-order valence-corrected chi connectivity index (χ1v) is 6.72. The Bertz CT molecular complexity index is 334. The number of aryl methyl sites for hydroxylation is 1. The van der Waals surface area contributed by atoms with Crippen molar-refractivity contribution in [2.75, 3.05) is 7.05 Å². The Morgan fingerprint density at radius 2 is 2.47 bits per heavy atom. The van der Waals surface area contributed by atoms with Crippen LogP contribution in [0.25, 0.3) is 0 Å². The van der Waals surface area contributed by atoms with E-state index in [4.69, 9.17) is 0 Å². The van der Waals surface area contributed by atoms with E-state index in [1.165, 1.54) is 30.7 Å². The van der Waals surface area contributed by atoms with Gasteiger partial charge < -0.3 is 5.32 Å².